The first kappa shape index (κ1) is 12.4. The fourth-order valence-electron chi connectivity index (χ4n) is 1.93. The highest BCUT2D eigenvalue weighted by Crippen LogP contribution is 2.22. The van der Waals surface area contributed by atoms with Gasteiger partial charge >= 0.3 is 0 Å². The van der Waals surface area contributed by atoms with Gasteiger partial charge in [0.05, 0.1) is 13.3 Å². The molecular formula is C14H16N2O2. The third-order valence-electron chi connectivity index (χ3n) is 2.98. The molecule has 0 saturated carbocycles. The van der Waals surface area contributed by atoms with Crippen molar-refractivity contribution >= 4 is 5.78 Å². The molecule has 4 nitrogen and oxygen atoms in total. The van der Waals surface area contributed by atoms with E-state index in [1.165, 1.54) is 7.11 Å². The smallest absolute Gasteiger partial charge is 0.215 e. The van der Waals surface area contributed by atoms with Crippen molar-refractivity contribution in [1.82, 2.24) is 9.78 Å². The fraction of sp³-hybridized carbons (Fsp3) is 0.286. The van der Waals surface area contributed by atoms with E-state index in [1.54, 1.807) is 17.9 Å². The number of ketones is 1. The van der Waals surface area contributed by atoms with E-state index in [1.807, 2.05) is 32.0 Å². The molecule has 0 N–H and O–H groups in total. The van der Waals surface area contributed by atoms with Crippen LogP contribution in [0.25, 0.3) is 0 Å². The van der Waals surface area contributed by atoms with Crippen LogP contribution in [0.2, 0.25) is 0 Å². The second-order valence-electron chi connectivity index (χ2n) is 4.33. The Hall–Kier alpha value is -2.10. The Kier molecular flexibility index (Phi) is 3.19. The lowest BCUT2D eigenvalue weighted by Crippen LogP contribution is -2.11. The molecule has 0 unspecified atom stereocenters. The Balaban J connectivity index is 2.54. The Labute approximate surface area is 106 Å². The van der Waals surface area contributed by atoms with E-state index in [4.69, 9.17) is 4.74 Å². The number of hydrogen-bond donors (Lipinski definition) is 0. The number of hydrogen-bond acceptors (Lipinski definition) is 3. The van der Waals surface area contributed by atoms with Gasteiger partial charge in [-0.1, -0.05) is 17.7 Å². The van der Waals surface area contributed by atoms with Crippen molar-refractivity contribution in [3.05, 3.63) is 46.8 Å². The number of carbonyl (C=O) groups excluding carboxylic acids is 1. The predicted molar refractivity (Wildman–Crippen MR) is 69.1 cm³/mol. The van der Waals surface area contributed by atoms with Crippen LogP contribution in [-0.4, -0.2) is 22.7 Å². The molecule has 0 aliphatic carbocycles. The molecule has 0 saturated heterocycles. The Bertz CT molecular complexity index is 600. The van der Waals surface area contributed by atoms with E-state index in [-0.39, 0.29) is 5.78 Å². The summed E-state index contributed by atoms with van der Waals surface area (Å²) in [5.41, 5.74) is 3.18. The Morgan fingerprint density at radius 3 is 2.72 bits per heavy atom. The van der Waals surface area contributed by atoms with Crippen LogP contribution in [0, 0.1) is 13.8 Å². The number of carbonyl (C=O) groups is 1. The van der Waals surface area contributed by atoms with Gasteiger partial charge in [0, 0.05) is 12.6 Å². The number of aryl methyl sites for hydroxylation is 3. The maximum absolute atomic E-state index is 12.5. The highest BCUT2D eigenvalue weighted by atomic mass is 16.5. The second-order valence-corrected chi connectivity index (χ2v) is 4.33. The van der Waals surface area contributed by atoms with Crippen LogP contribution >= 0.6 is 0 Å². The Morgan fingerprint density at radius 1 is 1.33 bits per heavy atom. The van der Waals surface area contributed by atoms with Crippen molar-refractivity contribution in [1.29, 1.82) is 0 Å². The molecule has 0 aliphatic rings. The number of methoxy groups -OCH3 is 1. The van der Waals surface area contributed by atoms with Gasteiger partial charge in [0.1, 0.15) is 0 Å². The topological polar surface area (TPSA) is 44.1 Å². The zero-order valence-electron chi connectivity index (χ0n) is 11.0. The summed E-state index contributed by atoms with van der Waals surface area (Å²) in [5, 5.41) is 4.06. The van der Waals surface area contributed by atoms with Crippen LogP contribution in [0.15, 0.2) is 24.4 Å². The van der Waals surface area contributed by atoms with E-state index in [0.717, 1.165) is 11.1 Å². The lowest BCUT2D eigenvalue weighted by molar-refractivity contribution is 0.102. The van der Waals surface area contributed by atoms with E-state index in [0.29, 0.717) is 17.0 Å². The van der Waals surface area contributed by atoms with Gasteiger partial charge in [-0.15, -0.1) is 0 Å². The molecule has 1 aromatic heterocycles. The highest BCUT2D eigenvalue weighted by Gasteiger charge is 2.20. The molecule has 0 amide bonds. The minimum atomic E-state index is -0.0620. The van der Waals surface area contributed by atoms with Crippen molar-refractivity contribution in [2.45, 2.75) is 13.8 Å². The number of ether oxygens (including phenoxy) is 1. The van der Waals surface area contributed by atoms with Crippen molar-refractivity contribution in [2.24, 2.45) is 7.05 Å². The lowest BCUT2D eigenvalue weighted by Gasteiger charge is -2.08. The summed E-state index contributed by atoms with van der Waals surface area (Å²) < 4.78 is 6.72. The molecule has 2 aromatic rings. The van der Waals surface area contributed by atoms with Crippen molar-refractivity contribution in [3.63, 3.8) is 0 Å². The zero-order chi connectivity index (χ0) is 13.3. The molecule has 18 heavy (non-hydrogen) atoms. The molecule has 0 bridgehead atoms. The maximum Gasteiger partial charge on any atom is 0.215 e. The van der Waals surface area contributed by atoms with Crippen molar-refractivity contribution in [3.8, 4) is 5.75 Å². The van der Waals surface area contributed by atoms with Gasteiger partial charge in [-0.25, -0.2) is 0 Å². The van der Waals surface area contributed by atoms with E-state index in [9.17, 15) is 4.79 Å². The SMILES string of the molecule is COc1cnn(C)c1C(=O)c1cc(C)ccc1C. The van der Waals surface area contributed by atoms with Crippen LogP contribution in [0.3, 0.4) is 0 Å². The predicted octanol–water partition coefficient (Wildman–Crippen LogP) is 2.28. The zero-order valence-corrected chi connectivity index (χ0v) is 11.0. The van der Waals surface area contributed by atoms with Crippen molar-refractivity contribution in [2.75, 3.05) is 7.11 Å². The van der Waals surface area contributed by atoms with Gasteiger partial charge in [-0.05, 0) is 25.5 Å². The normalized spacial score (nSPS) is 10.4. The lowest BCUT2D eigenvalue weighted by atomic mass is 10.00. The number of aromatic nitrogens is 2. The third-order valence-corrected chi connectivity index (χ3v) is 2.98. The third kappa shape index (κ3) is 2.01. The summed E-state index contributed by atoms with van der Waals surface area (Å²) in [6.07, 6.45) is 1.55. The average Bonchev–Trinajstić information content (AvgIpc) is 2.72. The quantitative estimate of drug-likeness (QED) is 0.778. The number of rotatable bonds is 3. The first-order valence-electron chi connectivity index (χ1n) is 5.72. The molecule has 0 atom stereocenters. The fourth-order valence-corrected chi connectivity index (χ4v) is 1.93. The maximum atomic E-state index is 12.5. The molecule has 0 fully saturated rings. The summed E-state index contributed by atoms with van der Waals surface area (Å²) >= 11 is 0. The van der Waals surface area contributed by atoms with Crippen LogP contribution in [-0.2, 0) is 7.05 Å². The van der Waals surface area contributed by atoms with Gasteiger partial charge in [0.25, 0.3) is 0 Å². The largest absolute Gasteiger partial charge is 0.493 e. The molecule has 4 heteroatoms. The van der Waals surface area contributed by atoms with E-state index >= 15 is 0 Å². The summed E-state index contributed by atoms with van der Waals surface area (Å²) in [7, 11) is 3.28. The van der Waals surface area contributed by atoms with Gasteiger partial charge in [0.2, 0.25) is 5.78 Å². The Morgan fingerprint density at radius 2 is 2.06 bits per heavy atom. The minimum Gasteiger partial charge on any atom is -0.493 e. The van der Waals surface area contributed by atoms with Crippen molar-refractivity contribution < 1.29 is 9.53 Å². The first-order valence-corrected chi connectivity index (χ1v) is 5.72. The molecule has 94 valence electrons. The molecule has 0 radical (unpaired) electrons. The van der Waals surface area contributed by atoms with Gasteiger partial charge < -0.3 is 4.74 Å². The number of nitrogens with zero attached hydrogens (tertiary/aromatic N) is 2. The molecule has 2 rings (SSSR count). The first-order chi connectivity index (χ1) is 8.54. The highest BCUT2D eigenvalue weighted by molar-refractivity contribution is 6.10. The van der Waals surface area contributed by atoms with Gasteiger partial charge in [-0.3, -0.25) is 9.48 Å². The monoisotopic (exact) mass is 244 g/mol. The summed E-state index contributed by atoms with van der Waals surface area (Å²) in [4.78, 5) is 12.5. The van der Waals surface area contributed by atoms with Gasteiger partial charge in [0.15, 0.2) is 11.4 Å². The van der Waals surface area contributed by atoms with Crippen LogP contribution in [0.4, 0.5) is 0 Å². The van der Waals surface area contributed by atoms with E-state index in [2.05, 4.69) is 5.10 Å². The van der Waals surface area contributed by atoms with Crippen LogP contribution in [0.5, 0.6) is 5.75 Å². The van der Waals surface area contributed by atoms with Crippen LogP contribution < -0.4 is 4.74 Å². The minimum absolute atomic E-state index is 0.0620. The number of benzene rings is 1. The standard InChI is InChI=1S/C14H16N2O2/c1-9-5-6-10(2)11(7-9)14(17)13-12(18-4)8-15-16(13)3/h5-8H,1-4H3. The summed E-state index contributed by atoms with van der Waals surface area (Å²) in [5.74, 6) is 0.441. The molecule has 1 heterocycles. The molecular weight excluding hydrogens is 228 g/mol. The molecule has 0 aliphatic heterocycles. The van der Waals surface area contributed by atoms with Gasteiger partial charge in [-0.2, -0.15) is 5.10 Å². The average molecular weight is 244 g/mol. The molecule has 1 aromatic carbocycles. The second kappa shape index (κ2) is 4.64. The molecule has 0 spiro atoms. The van der Waals surface area contributed by atoms with E-state index < -0.39 is 0 Å². The summed E-state index contributed by atoms with van der Waals surface area (Å²) in [6, 6.07) is 5.84. The summed E-state index contributed by atoms with van der Waals surface area (Å²) in [6.45, 7) is 3.90. The van der Waals surface area contributed by atoms with Crippen LogP contribution in [0.1, 0.15) is 27.2 Å².